The van der Waals surface area contributed by atoms with Gasteiger partial charge in [0.15, 0.2) is 5.60 Å². The third-order valence-electron chi connectivity index (χ3n) is 2.38. The molecule has 0 radical (unpaired) electrons. The maximum Gasteiger partial charge on any atom is 0.336 e. The predicted molar refractivity (Wildman–Crippen MR) is 57.7 cm³/mol. The van der Waals surface area contributed by atoms with E-state index in [4.69, 9.17) is 9.84 Å². The maximum absolute atomic E-state index is 11.2. The molecule has 0 amide bonds. The van der Waals surface area contributed by atoms with Crippen molar-refractivity contribution in [2.24, 2.45) is 5.92 Å². The quantitative estimate of drug-likeness (QED) is 0.784. The minimum absolute atomic E-state index is 0.390. The monoisotopic (exact) mass is 218 g/mol. The lowest BCUT2D eigenvalue weighted by Gasteiger charge is -2.33. The van der Waals surface area contributed by atoms with Crippen LogP contribution in [0, 0.1) is 5.92 Å². The zero-order valence-corrected chi connectivity index (χ0v) is 9.60. The first-order valence-electron chi connectivity index (χ1n) is 5.02. The molecule has 1 saturated heterocycles. The number of hydrogen-bond acceptors (Lipinski definition) is 3. The molecule has 1 heterocycles. The third-order valence-corrected chi connectivity index (χ3v) is 3.37. The molecule has 0 unspecified atom stereocenters. The SMILES string of the molecule is CC(C)COC1(C(=O)O)CCSCC1. The van der Waals surface area contributed by atoms with Crippen LogP contribution in [0.3, 0.4) is 0 Å². The second kappa shape index (κ2) is 5.03. The van der Waals surface area contributed by atoms with Crippen molar-refractivity contribution in [2.75, 3.05) is 18.1 Å². The molecule has 1 aliphatic heterocycles. The number of carbonyl (C=O) groups is 1. The van der Waals surface area contributed by atoms with Gasteiger partial charge in [-0.1, -0.05) is 13.8 Å². The van der Waals surface area contributed by atoms with Crippen LogP contribution < -0.4 is 0 Å². The molecular formula is C10H18O3S. The van der Waals surface area contributed by atoms with Crippen LogP contribution in [0.5, 0.6) is 0 Å². The minimum atomic E-state index is -0.893. The van der Waals surface area contributed by atoms with Crippen LogP contribution in [-0.2, 0) is 9.53 Å². The van der Waals surface area contributed by atoms with Crippen LogP contribution in [0.15, 0.2) is 0 Å². The lowest BCUT2D eigenvalue weighted by Crippen LogP contribution is -2.45. The van der Waals surface area contributed by atoms with Gasteiger partial charge in [0.2, 0.25) is 0 Å². The van der Waals surface area contributed by atoms with E-state index in [0.717, 1.165) is 11.5 Å². The van der Waals surface area contributed by atoms with Crippen LogP contribution in [0.25, 0.3) is 0 Å². The normalized spacial score (nSPS) is 21.1. The number of carboxylic acid groups (broad SMARTS) is 1. The number of rotatable bonds is 4. The summed E-state index contributed by atoms with van der Waals surface area (Å²) < 4.78 is 5.58. The molecule has 1 rings (SSSR count). The summed E-state index contributed by atoms with van der Waals surface area (Å²) in [6.45, 7) is 4.61. The molecule has 4 heteroatoms. The molecule has 82 valence electrons. The van der Waals surface area contributed by atoms with E-state index in [2.05, 4.69) is 0 Å². The van der Waals surface area contributed by atoms with Gasteiger partial charge >= 0.3 is 5.97 Å². The molecule has 0 atom stereocenters. The van der Waals surface area contributed by atoms with E-state index in [1.54, 1.807) is 11.8 Å². The fraction of sp³-hybridized carbons (Fsp3) is 0.900. The molecule has 0 saturated carbocycles. The molecule has 1 fully saturated rings. The molecule has 0 aromatic carbocycles. The second-order valence-electron chi connectivity index (χ2n) is 4.12. The first-order valence-corrected chi connectivity index (χ1v) is 6.17. The highest BCUT2D eigenvalue weighted by molar-refractivity contribution is 7.99. The Labute approximate surface area is 89.2 Å². The molecule has 0 bridgehead atoms. The highest BCUT2D eigenvalue weighted by Crippen LogP contribution is 2.31. The van der Waals surface area contributed by atoms with Gasteiger partial charge in [0, 0.05) is 0 Å². The first-order chi connectivity index (χ1) is 6.57. The standard InChI is InChI=1S/C10H18O3S/c1-8(2)7-13-10(9(11)12)3-5-14-6-4-10/h8H,3-7H2,1-2H3,(H,11,12). The van der Waals surface area contributed by atoms with Gasteiger partial charge in [-0.05, 0) is 30.3 Å². The summed E-state index contributed by atoms with van der Waals surface area (Å²) in [5.74, 6) is 1.38. The van der Waals surface area contributed by atoms with E-state index in [1.807, 2.05) is 13.8 Å². The fourth-order valence-electron chi connectivity index (χ4n) is 1.45. The number of ether oxygens (including phenoxy) is 1. The Hall–Kier alpha value is -0.220. The van der Waals surface area contributed by atoms with Crippen molar-refractivity contribution < 1.29 is 14.6 Å². The van der Waals surface area contributed by atoms with Gasteiger partial charge in [-0.15, -0.1) is 0 Å². The van der Waals surface area contributed by atoms with Crippen LogP contribution in [0.1, 0.15) is 26.7 Å². The fourth-order valence-corrected chi connectivity index (χ4v) is 2.60. The summed E-state index contributed by atoms with van der Waals surface area (Å²) in [4.78, 5) is 11.2. The molecule has 0 aromatic heterocycles. The van der Waals surface area contributed by atoms with Crippen molar-refractivity contribution in [3.8, 4) is 0 Å². The largest absolute Gasteiger partial charge is 0.479 e. The van der Waals surface area contributed by atoms with Crippen LogP contribution >= 0.6 is 11.8 Å². The maximum atomic E-state index is 11.2. The van der Waals surface area contributed by atoms with Gasteiger partial charge in [-0.25, -0.2) is 4.79 Å². The van der Waals surface area contributed by atoms with E-state index in [1.165, 1.54) is 0 Å². The molecule has 3 nitrogen and oxygen atoms in total. The van der Waals surface area contributed by atoms with Crippen LogP contribution in [0.2, 0.25) is 0 Å². The number of aliphatic carboxylic acids is 1. The minimum Gasteiger partial charge on any atom is -0.479 e. The van der Waals surface area contributed by atoms with Gasteiger partial charge in [0.05, 0.1) is 6.61 Å². The van der Waals surface area contributed by atoms with Gasteiger partial charge in [0.1, 0.15) is 0 Å². The average molecular weight is 218 g/mol. The number of thioether (sulfide) groups is 1. The van der Waals surface area contributed by atoms with Crippen molar-refractivity contribution in [1.82, 2.24) is 0 Å². The Morgan fingerprint density at radius 2 is 2.07 bits per heavy atom. The Morgan fingerprint density at radius 3 is 2.50 bits per heavy atom. The topological polar surface area (TPSA) is 46.5 Å². The van der Waals surface area contributed by atoms with Gasteiger partial charge < -0.3 is 9.84 Å². The van der Waals surface area contributed by atoms with Crippen molar-refractivity contribution in [1.29, 1.82) is 0 Å². The molecule has 1 aliphatic rings. The molecule has 0 aromatic rings. The number of carboxylic acids is 1. The van der Waals surface area contributed by atoms with E-state index in [0.29, 0.717) is 25.4 Å². The van der Waals surface area contributed by atoms with Crippen molar-refractivity contribution in [3.63, 3.8) is 0 Å². The van der Waals surface area contributed by atoms with Gasteiger partial charge in [-0.3, -0.25) is 0 Å². The van der Waals surface area contributed by atoms with E-state index >= 15 is 0 Å². The average Bonchev–Trinajstić information content (AvgIpc) is 2.16. The van der Waals surface area contributed by atoms with Crippen molar-refractivity contribution >= 4 is 17.7 Å². The predicted octanol–water partition coefficient (Wildman–Crippen LogP) is 2.01. The Morgan fingerprint density at radius 1 is 1.50 bits per heavy atom. The van der Waals surface area contributed by atoms with E-state index in [-0.39, 0.29) is 0 Å². The Bertz CT molecular complexity index is 198. The summed E-state index contributed by atoms with van der Waals surface area (Å²) in [5.41, 5.74) is -0.893. The smallest absolute Gasteiger partial charge is 0.336 e. The molecule has 1 N–H and O–H groups in total. The Balaban J connectivity index is 2.56. The molecule has 0 spiro atoms. The van der Waals surface area contributed by atoms with E-state index in [9.17, 15) is 4.79 Å². The Kier molecular flexibility index (Phi) is 4.26. The zero-order valence-electron chi connectivity index (χ0n) is 8.78. The van der Waals surface area contributed by atoms with Crippen LogP contribution in [-0.4, -0.2) is 34.8 Å². The number of hydrogen-bond donors (Lipinski definition) is 1. The molecule has 0 aliphatic carbocycles. The van der Waals surface area contributed by atoms with Crippen LogP contribution in [0.4, 0.5) is 0 Å². The zero-order chi connectivity index (χ0) is 10.6. The lowest BCUT2D eigenvalue weighted by molar-refractivity contribution is -0.168. The molecular weight excluding hydrogens is 200 g/mol. The summed E-state index contributed by atoms with van der Waals surface area (Å²) in [5, 5.41) is 9.17. The highest BCUT2D eigenvalue weighted by atomic mass is 32.2. The molecule has 14 heavy (non-hydrogen) atoms. The second-order valence-corrected chi connectivity index (χ2v) is 5.34. The van der Waals surface area contributed by atoms with Crippen molar-refractivity contribution in [3.05, 3.63) is 0 Å². The summed E-state index contributed by atoms with van der Waals surface area (Å²) >= 11 is 1.81. The highest BCUT2D eigenvalue weighted by Gasteiger charge is 2.41. The van der Waals surface area contributed by atoms with Crippen molar-refractivity contribution in [2.45, 2.75) is 32.3 Å². The third kappa shape index (κ3) is 2.89. The lowest BCUT2D eigenvalue weighted by atomic mass is 9.96. The van der Waals surface area contributed by atoms with E-state index < -0.39 is 11.6 Å². The first kappa shape index (κ1) is 11.9. The van der Waals surface area contributed by atoms with Gasteiger partial charge in [-0.2, -0.15) is 11.8 Å². The summed E-state index contributed by atoms with van der Waals surface area (Å²) in [6, 6.07) is 0. The van der Waals surface area contributed by atoms with Gasteiger partial charge in [0.25, 0.3) is 0 Å². The summed E-state index contributed by atoms with van der Waals surface area (Å²) in [6.07, 6.45) is 1.28. The summed E-state index contributed by atoms with van der Waals surface area (Å²) in [7, 11) is 0.